The van der Waals surface area contributed by atoms with Crippen molar-refractivity contribution >= 4 is 95.8 Å². The van der Waals surface area contributed by atoms with Crippen LogP contribution >= 0.6 is 11.3 Å². The highest BCUT2D eigenvalue weighted by atomic mass is 32.1. The number of aromatic nitrogens is 1. The lowest BCUT2D eigenvalue weighted by atomic mass is 9.33. The molecule has 0 spiro atoms. The fourth-order valence-corrected chi connectivity index (χ4v) is 13.0. The zero-order valence-corrected chi connectivity index (χ0v) is 51.1. The SMILES string of the molecule is CC(C)(C)c1ccc(-c2ccc(-c3nc4cc5c(cc4s3)N(c3cc(C(C)(C)C)cc(C(C)(C)C)c3)c3cc(N(c4ccccc4)c4ccccc4)cc4c3B5c3cc(C(C)(C)C)ccc3N4c3ccc(C(C)(C)C)cc3)cc2)cc1. The zero-order valence-electron chi connectivity index (χ0n) is 50.2. The maximum absolute atomic E-state index is 5.58. The first-order valence-electron chi connectivity index (χ1n) is 29.0. The molecule has 0 saturated heterocycles. The Balaban J connectivity index is 1.16. The molecule has 2 aliphatic heterocycles. The molecule has 406 valence electrons. The summed E-state index contributed by atoms with van der Waals surface area (Å²) in [7, 11) is 0. The minimum atomic E-state index is -0.119. The lowest BCUT2D eigenvalue weighted by Crippen LogP contribution is -2.61. The van der Waals surface area contributed by atoms with Gasteiger partial charge in [-0.05, 0) is 161 Å². The molecule has 3 heterocycles. The van der Waals surface area contributed by atoms with Crippen molar-refractivity contribution in [3.05, 3.63) is 222 Å². The summed E-state index contributed by atoms with van der Waals surface area (Å²) in [5, 5.41) is 1.02. The van der Waals surface area contributed by atoms with Crippen molar-refractivity contribution in [2.75, 3.05) is 14.7 Å². The molecule has 0 unspecified atom stereocenters. The minimum Gasteiger partial charge on any atom is -0.311 e. The summed E-state index contributed by atoms with van der Waals surface area (Å²) in [4.78, 5) is 13.2. The predicted octanol–water partition coefficient (Wildman–Crippen LogP) is 19.7. The lowest BCUT2D eigenvalue weighted by Gasteiger charge is -2.45. The van der Waals surface area contributed by atoms with Gasteiger partial charge in [0.05, 0.1) is 15.9 Å². The third kappa shape index (κ3) is 9.98. The molecule has 2 aliphatic rings. The molecule has 10 aromatic rings. The van der Waals surface area contributed by atoms with Gasteiger partial charge < -0.3 is 14.7 Å². The second-order valence-corrected chi connectivity index (χ2v) is 28.9. The summed E-state index contributed by atoms with van der Waals surface area (Å²) >= 11 is 1.79. The monoisotopic (exact) mass is 1080 g/mol. The number of nitrogens with zero attached hydrogens (tertiary/aromatic N) is 4. The van der Waals surface area contributed by atoms with E-state index in [2.05, 4.69) is 313 Å². The Labute approximate surface area is 487 Å². The molecule has 0 N–H and O–H groups in total. The molecule has 0 radical (unpaired) electrons. The first-order chi connectivity index (χ1) is 38.3. The molecule has 0 fully saturated rings. The van der Waals surface area contributed by atoms with Gasteiger partial charge in [0.1, 0.15) is 5.01 Å². The van der Waals surface area contributed by atoms with Gasteiger partial charge in [-0.2, -0.15) is 0 Å². The van der Waals surface area contributed by atoms with Crippen molar-refractivity contribution in [2.45, 2.75) is 131 Å². The van der Waals surface area contributed by atoms with Gasteiger partial charge in [0.15, 0.2) is 0 Å². The maximum atomic E-state index is 5.58. The quantitative estimate of drug-likeness (QED) is 0.148. The maximum Gasteiger partial charge on any atom is 0.252 e. The molecule has 0 saturated carbocycles. The molecule has 9 aromatic carbocycles. The normalized spacial score (nSPS) is 13.5. The summed E-state index contributed by atoms with van der Waals surface area (Å²) in [5.41, 5.74) is 25.0. The molecular formula is C75H77BN4S. The largest absolute Gasteiger partial charge is 0.311 e. The van der Waals surface area contributed by atoms with E-state index in [-0.39, 0.29) is 33.8 Å². The Kier molecular flexibility index (Phi) is 13.0. The van der Waals surface area contributed by atoms with Gasteiger partial charge in [-0.15, -0.1) is 11.3 Å². The van der Waals surface area contributed by atoms with Gasteiger partial charge in [0, 0.05) is 51.1 Å². The molecular weight excluding hydrogens is 1000 g/mol. The Hall–Kier alpha value is -7.67. The standard InChI is InChI=1S/C75H77BN4S/c1-71(2,3)51-32-30-49(31-33-51)48-26-28-50(29-27-48)70-77-63-46-62-65(47-68(63)81-70)80(59-41-54(74(10,11)12)40-55(42-59)75(13,14)15)67-45-60(78(56-22-18-16-19-23-56)57-24-20-17-21-25-57)44-66-69(67)76(62)61-43-53(73(7,8)9)36-39-64(61)79(66)58-37-34-52(35-38-58)72(4,5)6/h16-47H,1-15H3. The smallest absolute Gasteiger partial charge is 0.252 e. The molecule has 81 heavy (non-hydrogen) atoms. The number of rotatable bonds is 7. The number of para-hydroxylation sites is 2. The molecule has 12 rings (SSSR count). The molecule has 0 aliphatic carbocycles. The van der Waals surface area contributed by atoms with Gasteiger partial charge in [-0.25, -0.2) is 4.98 Å². The van der Waals surface area contributed by atoms with Gasteiger partial charge >= 0.3 is 0 Å². The Morgan fingerprint density at radius 1 is 0.358 bits per heavy atom. The number of hydrogen-bond acceptors (Lipinski definition) is 5. The third-order valence-electron chi connectivity index (χ3n) is 16.8. The van der Waals surface area contributed by atoms with Crippen molar-refractivity contribution in [3.8, 4) is 21.7 Å². The number of benzene rings is 9. The van der Waals surface area contributed by atoms with E-state index in [0.717, 1.165) is 54.9 Å². The van der Waals surface area contributed by atoms with Crippen molar-refractivity contribution < 1.29 is 0 Å². The van der Waals surface area contributed by atoms with E-state index in [1.54, 1.807) is 11.3 Å². The number of anilines is 9. The Morgan fingerprint density at radius 2 is 0.802 bits per heavy atom. The van der Waals surface area contributed by atoms with Crippen LogP contribution in [0.15, 0.2) is 194 Å². The van der Waals surface area contributed by atoms with E-state index in [0.29, 0.717) is 0 Å². The van der Waals surface area contributed by atoms with E-state index in [1.807, 2.05) is 0 Å². The van der Waals surface area contributed by atoms with Crippen LogP contribution in [0.2, 0.25) is 0 Å². The van der Waals surface area contributed by atoms with Crippen LogP contribution in [-0.2, 0) is 27.1 Å². The van der Waals surface area contributed by atoms with E-state index < -0.39 is 0 Å². The molecule has 0 amide bonds. The van der Waals surface area contributed by atoms with E-state index >= 15 is 0 Å². The fraction of sp³-hybridized carbons (Fsp3) is 0.267. The second kappa shape index (κ2) is 19.5. The third-order valence-corrected chi connectivity index (χ3v) is 17.9. The van der Waals surface area contributed by atoms with Crippen molar-refractivity contribution in [1.82, 2.24) is 4.98 Å². The number of fused-ring (bicyclic) bond motifs is 5. The molecule has 1 aromatic heterocycles. The van der Waals surface area contributed by atoms with Crippen molar-refractivity contribution in [2.24, 2.45) is 0 Å². The Bertz CT molecular complexity index is 3920. The summed E-state index contributed by atoms with van der Waals surface area (Å²) in [6.07, 6.45) is 0. The van der Waals surface area contributed by atoms with Gasteiger partial charge in [-0.3, -0.25) is 0 Å². The molecule has 0 bridgehead atoms. The lowest BCUT2D eigenvalue weighted by molar-refractivity contribution is 0.568. The second-order valence-electron chi connectivity index (χ2n) is 27.9. The zero-order chi connectivity index (χ0) is 57.1. The number of thiazole rings is 1. The van der Waals surface area contributed by atoms with E-state index in [9.17, 15) is 0 Å². The number of hydrogen-bond donors (Lipinski definition) is 0. The minimum absolute atomic E-state index is 0.00301. The summed E-state index contributed by atoms with van der Waals surface area (Å²) < 4.78 is 1.16. The van der Waals surface area contributed by atoms with Crippen LogP contribution in [0.4, 0.5) is 51.2 Å². The average molecular weight is 1080 g/mol. The average Bonchev–Trinajstić information content (AvgIpc) is 3.87. The van der Waals surface area contributed by atoms with Gasteiger partial charge in [-0.1, -0.05) is 219 Å². The van der Waals surface area contributed by atoms with Crippen LogP contribution in [0.25, 0.3) is 31.9 Å². The predicted molar refractivity (Wildman–Crippen MR) is 353 cm³/mol. The Morgan fingerprint density at radius 3 is 1.31 bits per heavy atom. The van der Waals surface area contributed by atoms with Crippen LogP contribution in [0, 0.1) is 0 Å². The highest BCUT2D eigenvalue weighted by Crippen LogP contribution is 2.51. The fourth-order valence-electron chi connectivity index (χ4n) is 12.0. The highest BCUT2D eigenvalue weighted by Gasteiger charge is 2.45. The van der Waals surface area contributed by atoms with Crippen molar-refractivity contribution in [3.63, 3.8) is 0 Å². The van der Waals surface area contributed by atoms with Gasteiger partial charge in [0.25, 0.3) is 6.71 Å². The van der Waals surface area contributed by atoms with Crippen LogP contribution < -0.4 is 31.1 Å². The first-order valence-corrected chi connectivity index (χ1v) is 29.9. The van der Waals surface area contributed by atoms with Crippen LogP contribution in [0.3, 0.4) is 0 Å². The summed E-state index contributed by atoms with van der Waals surface area (Å²) in [5.74, 6) is 0. The van der Waals surface area contributed by atoms with Crippen LogP contribution in [-0.4, -0.2) is 11.7 Å². The van der Waals surface area contributed by atoms with E-state index in [4.69, 9.17) is 4.98 Å². The molecule has 0 atom stereocenters. The van der Waals surface area contributed by atoms with Crippen LogP contribution in [0.5, 0.6) is 0 Å². The van der Waals surface area contributed by atoms with E-state index in [1.165, 1.54) is 72.4 Å². The van der Waals surface area contributed by atoms with Gasteiger partial charge in [0.2, 0.25) is 0 Å². The van der Waals surface area contributed by atoms with Crippen molar-refractivity contribution in [1.29, 1.82) is 0 Å². The first kappa shape index (κ1) is 54.0. The topological polar surface area (TPSA) is 22.6 Å². The molecule has 4 nitrogen and oxygen atoms in total. The summed E-state index contributed by atoms with van der Waals surface area (Å²) in [6.45, 7) is 34.7. The highest BCUT2D eigenvalue weighted by molar-refractivity contribution is 7.21. The van der Waals surface area contributed by atoms with Crippen LogP contribution in [0.1, 0.15) is 132 Å². The molecule has 6 heteroatoms. The summed E-state index contributed by atoms with van der Waals surface area (Å²) in [6, 6.07) is 73.8.